The van der Waals surface area contributed by atoms with Crippen LogP contribution in [-0.2, 0) is 4.79 Å². The lowest BCUT2D eigenvalue weighted by molar-refractivity contribution is -0.137. The molecule has 0 atom stereocenters. The molecule has 1 amide bonds. The molecular formula is C12H13BrFNO3. The Balaban J connectivity index is 2.97. The fourth-order valence-electron chi connectivity index (χ4n) is 1.52. The molecule has 0 aliphatic carbocycles. The van der Waals surface area contributed by atoms with Gasteiger partial charge in [0.05, 0.1) is 5.56 Å². The Labute approximate surface area is 113 Å². The van der Waals surface area contributed by atoms with E-state index in [0.717, 1.165) is 4.90 Å². The van der Waals surface area contributed by atoms with Crippen molar-refractivity contribution in [3.63, 3.8) is 0 Å². The van der Waals surface area contributed by atoms with Crippen molar-refractivity contribution in [1.82, 2.24) is 4.90 Å². The molecule has 0 aromatic heterocycles. The Kier molecular flexibility index (Phi) is 5.27. The molecule has 0 heterocycles. The molecule has 1 aromatic rings. The highest BCUT2D eigenvalue weighted by atomic mass is 79.9. The number of nitrogens with zero attached hydrogens (tertiary/aromatic N) is 1. The summed E-state index contributed by atoms with van der Waals surface area (Å²) < 4.78 is 14.1. The van der Waals surface area contributed by atoms with Crippen LogP contribution in [0.5, 0.6) is 0 Å². The zero-order chi connectivity index (χ0) is 13.7. The van der Waals surface area contributed by atoms with Gasteiger partial charge in [-0.1, -0.05) is 22.9 Å². The minimum absolute atomic E-state index is 0.118. The summed E-state index contributed by atoms with van der Waals surface area (Å²) in [5, 5.41) is 8.72. The Hall–Kier alpha value is -1.43. The van der Waals surface area contributed by atoms with Gasteiger partial charge in [-0.15, -0.1) is 0 Å². The molecule has 0 aliphatic rings. The van der Waals surface area contributed by atoms with Gasteiger partial charge in [-0.3, -0.25) is 9.59 Å². The maximum Gasteiger partial charge on any atom is 0.323 e. The monoisotopic (exact) mass is 317 g/mol. The van der Waals surface area contributed by atoms with Crippen molar-refractivity contribution in [1.29, 1.82) is 0 Å². The smallest absolute Gasteiger partial charge is 0.323 e. The quantitative estimate of drug-likeness (QED) is 0.907. The van der Waals surface area contributed by atoms with Gasteiger partial charge >= 0.3 is 5.97 Å². The van der Waals surface area contributed by atoms with E-state index in [1.54, 1.807) is 6.07 Å². The van der Waals surface area contributed by atoms with Gasteiger partial charge in [0.25, 0.3) is 5.91 Å². The lowest BCUT2D eigenvalue weighted by atomic mass is 10.2. The molecule has 4 nitrogen and oxygen atoms in total. The van der Waals surface area contributed by atoms with E-state index in [2.05, 4.69) is 15.9 Å². The van der Waals surface area contributed by atoms with Crippen molar-refractivity contribution >= 4 is 27.8 Å². The van der Waals surface area contributed by atoms with E-state index < -0.39 is 24.2 Å². The van der Waals surface area contributed by atoms with E-state index in [1.807, 2.05) is 6.92 Å². The van der Waals surface area contributed by atoms with E-state index in [-0.39, 0.29) is 12.1 Å². The summed E-state index contributed by atoms with van der Waals surface area (Å²) >= 11 is 3.09. The van der Waals surface area contributed by atoms with Crippen molar-refractivity contribution in [2.45, 2.75) is 13.3 Å². The van der Waals surface area contributed by atoms with Crippen LogP contribution >= 0.6 is 15.9 Å². The van der Waals surface area contributed by atoms with Crippen molar-refractivity contribution in [2.24, 2.45) is 0 Å². The summed E-state index contributed by atoms with van der Waals surface area (Å²) in [5.41, 5.74) is -0.118. The van der Waals surface area contributed by atoms with Gasteiger partial charge in [0.1, 0.15) is 12.4 Å². The van der Waals surface area contributed by atoms with Crippen LogP contribution in [0.4, 0.5) is 4.39 Å². The summed E-state index contributed by atoms with van der Waals surface area (Å²) in [5.74, 6) is -2.39. The second-order valence-electron chi connectivity index (χ2n) is 3.74. The Morgan fingerprint density at radius 1 is 1.44 bits per heavy atom. The number of carbonyl (C=O) groups excluding carboxylic acids is 1. The molecule has 0 unspecified atom stereocenters. The van der Waals surface area contributed by atoms with Crippen molar-refractivity contribution in [3.8, 4) is 0 Å². The first kappa shape index (κ1) is 14.6. The number of carboxylic acids is 1. The molecule has 1 N–H and O–H groups in total. The first-order valence-electron chi connectivity index (χ1n) is 5.41. The summed E-state index contributed by atoms with van der Waals surface area (Å²) in [6, 6.07) is 4.06. The Morgan fingerprint density at radius 2 is 2.11 bits per heavy atom. The summed E-state index contributed by atoms with van der Waals surface area (Å²) in [6.07, 6.45) is 0.608. The SMILES string of the molecule is CCCN(CC(=O)O)C(=O)c1ccc(Br)cc1F. The largest absolute Gasteiger partial charge is 0.480 e. The molecule has 1 aromatic carbocycles. The number of halogens is 2. The van der Waals surface area contributed by atoms with E-state index in [0.29, 0.717) is 10.9 Å². The third kappa shape index (κ3) is 3.80. The van der Waals surface area contributed by atoms with Crippen LogP contribution in [0.2, 0.25) is 0 Å². The topological polar surface area (TPSA) is 57.6 Å². The molecule has 6 heteroatoms. The Bertz CT molecular complexity index is 465. The molecule has 0 fully saturated rings. The highest BCUT2D eigenvalue weighted by Gasteiger charge is 2.20. The number of hydrogen-bond donors (Lipinski definition) is 1. The van der Waals surface area contributed by atoms with Crippen LogP contribution in [0.1, 0.15) is 23.7 Å². The standard InChI is InChI=1S/C12H13BrFNO3/c1-2-5-15(7-11(16)17)12(18)9-4-3-8(13)6-10(9)14/h3-4,6H,2,5,7H2,1H3,(H,16,17). The number of rotatable bonds is 5. The number of hydrogen-bond acceptors (Lipinski definition) is 2. The van der Waals surface area contributed by atoms with Gasteiger partial charge in [-0.25, -0.2) is 4.39 Å². The first-order chi connectivity index (χ1) is 8.45. The molecular weight excluding hydrogens is 305 g/mol. The number of benzene rings is 1. The van der Waals surface area contributed by atoms with E-state index >= 15 is 0 Å². The summed E-state index contributed by atoms with van der Waals surface area (Å²) in [6.45, 7) is 1.67. The zero-order valence-corrected chi connectivity index (χ0v) is 11.4. The molecule has 0 bridgehead atoms. The molecule has 0 spiro atoms. The maximum absolute atomic E-state index is 13.6. The zero-order valence-electron chi connectivity index (χ0n) is 9.82. The normalized spacial score (nSPS) is 10.2. The molecule has 0 saturated carbocycles. The third-order valence-corrected chi connectivity index (χ3v) is 2.76. The first-order valence-corrected chi connectivity index (χ1v) is 6.21. The number of carboxylic acid groups (broad SMARTS) is 1. The summed E-state index contributed by atoms with van der Waals surface area (Å²) in [7, 11) is 0. The van der Waals surface area contributed by atoms with Gasteiger partial charge in [0, 0.05) is 11.0 Å². The van der Waals surface area contributed by atoms with Gasteiger partial charge in [0.2, 0.25) is 0 Å². The van der Waals surface area contributed by atoms with E-state index in [9.17, 15) is 14.0 Å². The lowest BCUT2D eigenvalue weighted by Gasteiger charge is -2.20. The van der Waals surface area contributed by atoms with Crippen LogP contribution in [0.25, 0.3) is 0 Å². The van der Waals surface area contributed by atoms with Crippen LogP contribution in [0.3, 0.4) is 0 Å². The van der Waals surface area contributed by atoms with Crippen molar-refractivity contribution < 1.29 is 19.1 Å². The molecule has 1 rings (SSSR count). The van der Waals surface area contributed by atoms with Gasteiger partial charge in [0.15, 0.2) is 0 Å². The van der Waals surface area contributed by atoms with Crippen LogP contribution in [0, 0.1) is 5.82 Å². The third-order valence-electron chi connectivity index (χ3n) is 2.27. The Morgan fingerprint density at radius 3 is 2.61 bits per heavy atom. The number of aliphatic carboxylic acids is 1. The molecule has 0 aliphatic heterocycles. The number of amides is 1. The predicted octanol–water partition coefficient (Wildman–Crippen LogP) is 2.53. The van der Waals surface area contributed by atoms with Crippen molar-refractivity contribution in [2.75, 3.05) is 13.1 Å². The van der Waals surface area contributed by atoms with Crippen LogP contribution in [-0.4, -0.2) is 35.0 Å². The predicted molar refractivity (Wildman–Crippen MR) is 67.9 cm³/mol. The molecule has 0 saturated heterocycles. The van der Waals surface area contributed by atoms with Crippen LogP contribution in [0.15, 0.2) is 22.7 Å². The minimum atomic E-state index is -1.12. The fourth-order valence-corrected chi connectivity index (χ4v) is 1.85. The average molecular weight is 318 g/mol. The van der Waals surface area contributed by atoms with Crippen molar-refractivity contribution in [3.05, 3.63) is 34.1 Å². The van der Waals surface area contributed by atoms with Gasteiger partial charge in [-0.05, 0) is 24.6 Å². The molecule has 18 heavy (non-hydrogen) atoms. The second kappa shape index (κ2) is 6.49. The van der Waals surface area contributed by atoms with Crippen LogP contribution < -0.4 is 0 Å². The minimum Gasteiger partial charge on any atom is -0.480 e. The lowest BCUT2D eigenvalue weighted by Crippen LogP contribution is -2.36. The molecule has 98 valence electrons. The highest BCUT2D eigenvalue weighted by Crippen LogP contribution is 2.17. The second-order valence-corrected chi connectivity index (χ2v) is 4.66. The highest BCUT2D eigenvalue weighted by molar-refractivity contribution is 9.10. The fraction of sp³-hybridized carbons (Fsp3) is 0.333. The maximum atomic E-state index is 13.6. The van der Waals surface area contributed by atoms with Gasteiger partial charge < -0.3 is 10.0 Å². The average Bonchev–Trinajstić information content (AvgIpc) is 2.27. The van der Waals surface area contributed by atoms with Gasteiger partial charge in [-0.2, -0.15) is 0 Å². The van der Waals surface area contributed by atoms with E-state index in [1.165, 1.54) is 12.1 Å². The molecule has 0 radical (unpaired) electrons. The number of carbonyl (C=O) groups is 2. The summed E-state index contributed by atoms with van der Waals surface area (Å²) in [4.78, 5) is 23.8. The van der Waals surface area contributed by atoms with E-state index in [4.69, 9.17) is 5.11 Å².